The van der Waals surface area contributed by atoms with Gasteiger partial charge in [0.05, 0.1) is 12.6 Å². The van der Waals surface area contributed by atoms with Crippen molar-refractivity contribution in [3.63, 3.8) is 0 Å². The number of nitrogens with zero attached hydrogens (tertiary/aromatic N) is 3. The maximum absolute atomic E-state index is 5.47. The predicted molar refractivity (Wildman–Crippen MR) is 84.6 cm³/mol. The predicted octanol–water partition coefficient (Wildman–Crippen LogP) is 2.41. The number of benzene rings is 1. The molecule has 1 fully saturated rings. The molecule has 3 rings (SSSR count). The minimum atomic E-state index is 0.383. The van der Waals surface area contributed by atoms with Crippen molar-refractivity contribution in [1.82, 2.24) is 9.97 Å². The van der Waals surface area contributed by atoms with Gasteiger partial charge in [-0.1, -0.05) is 30.3 Å². The van der Waals surface area contributed by atoms with E-state index in [0.29, 0.717) is 6.04 Å². The van der Waals surface area contributed by atoms with Gasteiger partial charge in [0.15, 0.2) is 5.82 Å². The van der Waals surface area contributed by atoms with Crippen LogP contribution in [0.4, 0.5) is 11.6 Å². The highest BCUT2D eigenvalue weighted by atomic mass is 16.5. The Hall–Kier alpha value is -2.14. The summed E-state index contributed by atoms with van der Waals surface area (Å²) in [5.74, 6) is 2.48. The molecule has 1 aromatic heterocycles. The van der Waals surface area contributed by atoms with Gasteiger partial charge in [-0.05, 0) is 6.42 Å². The fourth-order valence-corrected chi connectivity index (χ4v) is 2.47. The molecule has 1 aliphatic heterocycles. The van der Waals surface area contributed by atoms with Crippen LogP contribution in [0.1, 0.15) is 6.42 Å². The summed E-state index contributed by atoms with van der Waals surface area (Å²) in [5, 5.41) is 3.11. The van der Waals surface area contributed by atoms with Crippen molar-refractivity contribution in [2.75, 3.05) is 37.5 Å². The van der Waals surface area contributed by atoms with Crippen LogP contribution in [-0.2, 0) is 4.74 Å². The minimum Gasteiger partial charge on any atom is -0.379 e. The molecule has 1 saturated heterocycles. The molecule has 110 valence electrons. The Labute approximate surface area is 125 Å². The summed E-state index contributed by atoms with van der Waals surface area (Å²) in [4.78, 5) is 11.4. The first-order valence-corrected chi connectivity index (χ1v) is 7.21. The van der Waals surface area contributed by atoms with Crippen molar-refractivity contribution in [2.45, 2.75) is 12.5 Å². The lowest BCUT2D eigenvalue weighted by molar-refractivity contribution is 0.193. The molecule has 0 bridgehead atoms. The van der Waals surface area contributed by atoms with E-state index in [4.69, 9.17) is 9.72 Å². The molecule has 0 amide bonds. The van der Waals surface area contributed by atoms with Crippen LogP contribution in [0, 0.1) is 0 Å². The SMILES string of the molecule is CNc1cc(N(C)C2CCOC2)nc(-c2ccccc2)n1. The molecular formula is C16H20N4O. The van der Waals surface area contributed by atoms with E-state index in [1.165, 1.54) is 0 Å². The highest BCUT2D eigenvalue weighted by Gasteiger charge is 2.22. The van der Waals surface area contributed by atoms with Gasteiger partial charge in [-0.25, -0.2) is 9.97 Å². The zero-order valence-electron chi connectivity index (χ0n) is 12.4. The second-order valence-electron chi connectivity index (χ2n) is 5.18. The Morgan fingerprint density at radius 2 is 2.05 bits per heavy atom. The fraction of sp³-hybridized carbons (Fsp3) is 0.375. The van der Waals surface area contributed by atoms with Gasteiger partial charge in [0.25, 0.3) is 0 Å². The Balaban J connectivity index is 1.97. The second-order valence-corrected chi connectivity index (χ2v) is 5.18. The van der Waals surface area contributed by atoms with E-state index in [2.05, 4.69) is 22.2 Å². The number of aromatic nitrogens is 2. The average Bonchev–Trinajstić information content (AvgIpc) is 3.09. The third kappa shape index (κ3) is 2.97. The van der Waals surface area contributed by atoms with Gasteiger partial charge in [0, 0.05) is 32.3 Å². The summed E-state index contributed by atoms with van der Waals surface area (Å²) >= 11 is 0. The van der Waals surface area contributed by atoms with Crippen LogP contribution in [0.3, 0.4) is 0 Å². The summed E-state index contributed by atoms with van der Waals surface area (Å²) in [6, 6.07) is 12.4. The van der Waals surface area contributed by atoms with Crippen LogP contribution in [0.2, 0.25) is 0 Å². The zero-order valence-corrected chi connectivity index (χ0v) is 12.4. The van der Waals surface area contributed by atoms with Crippen molar-refractivity contribution in [3.05, 3.63) is 36.4 Å². The van der Waals surface area contributed by atoms with E-state index < -0.39 is 0 Å². The van der Waals surface area contributed by atoms with Crippen LogP contribution in [0.15, 0.2) is 36.4 Å². The Bertz CT molecular complexity index is 596. The van der Waals surface area contributed by atoms with Crippen molar-refractivity contribution >= 4 is 11.6 Å². The Kier molecular flexibility index (Phi) is 4.01. The zero-order chi connectivity index (χ0) is 14.7. The molecule has 1 aromatic carbocycles. The van der Waals surface area contributed by atoms with Crippen LogP contribution in [0.5, 0.6) is 0 Å². The van der Waals surface area contributed by atoms with E-state index in [-0.39, 0.29) is 0 Å². The maximum atomic E-state index is 5.47. The van der Waals surface area contributed by atoms with Gasteiger partial charge in [0.1, 0.15) is 11.6 Å². The van der Waals surface area contributed by atoms with Gasteiger partial charge < -0.3 is 15.0 Å². The van der Waals surface area contributed by atoms with E-state index in [9.17, 15) is 0 Å². The number of rotatable bonds is 4. The summed E-state index contributed by atoms with van der Waals surface area (Å²) < 4.78 is 5.47. The third-order valence-electron chi connectivity index (χ3n) is 3.82. The van der Waals surface area contributed by atoms with Crippen molar-refractivity contribution in [1.29, 1.82) is 0 Å². The molecule has 1 atom stereocenters. The minimum absolute atomic E-state index is 0.383. The van der Waals surface area contributed by atoms with E-state index in [0.717, 1.165) is 42.7 Å². The first kappa shape index (κ1) is 13.8. The van der Waals surface area contributed by atoms with E-state index in [1.807, 2.05) is 43.4 Å². The van der Waals surface area contributed by atoms with Crippen molar-refractivity contribution in [2.24, 2.45) is 0 Å². The number of nitrogens with one attached hydrogen (secondary N) is 1. The number of hydrogen-bond acceptors (Lipinski definition) is 5. The number of hydrogen-bond donors (Lipinski definition) is 1. The normalized spacial score (nSPS) is 17.7. The van der Waals surface area contributed by atoms with Crippen LogP contribution >= 0.6 is 0 Å². The molecule has 1 unspecified atom stereocenters. The summed E-state index contributed by atoms with van der Waals surface area (Å²) in [5.41, 5.74) is 1.02. The van der Waals surface area contributed by atoms with Crippen molar-refractivity contribution in [3.8, 4) is 11.4 Å². The van der Waals surface area contributed by atoms with Gasteiger partial charge in [0.2, 0.25) is 0 Å². The van der Waals surface area contributed by atoms with E-state index in [1.54, 1.807) is 0 Å². The monoisotopic (exact) mass is 284 g/mol. The fourth-order valence-electron chi connectivity index (χ4n) is 2.47. The number of likely N-dealkylation sites (N-methyl/N-ethyl adjacent to an activating group) is 1. The summed E-state index contributed by atoms with van der Waals surface area (Å²) in [7, 11) is 3.94. The highest BCUT2D eigenvalue weighted by molar-refractivity contribution is 5.61. The molecule has 0 aliphatic carbocycles. The van der Waals surface area contributed by atoms with Gasteiger partial charge in [-0.2, -0.15) is 0 Å². The quantitative estimate of drug-likeness (QED) is 0.934. The summed E-state index contributed by atoms with van der Waals surface area (Å²) in [6.07, 6.45) is 1.04. The second kappa shape index (κ2) is 6.10. The van der Waals surface area contributed by atoms with Crippen LogP contribution in [-0.4, -0.2) is 43.3 Å². The van der Waals surface area contributed by atoms with Gasteiger partial charge in [-0.15, -0.1) is 0 Å². The molecule has 2 heterocycles. The largest absolute Gasteiger partial charge is 0.379 e. The molecule has 0 spiro atoms. The number of anilines is 2. The molecule has 1 N–H and O–H groups in total. The Morgan fingerprint density at radius 3 is 2.71 bits per heavy atom. The number of ether oxygens (including phenoxy) is 1. The highest BCUT2D eigenvalue weighted by Crippen LogP contribution is 2.24. The molecule has 0 radical (unpaired) electrons. The molecule has 1 aliphatic rings. The Morgan fingerprint density at radius 1 is 1.24 bits per heavy atom. The lowest BCUT2D eigenvalue weighted by atomic mass is 10.2. The van der Waals surface area contributed by atoms with Gasteiger partial charge >= 0.3 is 0 Å². The van der Waals surface area contributed by atoms with Crippen LogP contribution < -0.4 is 10.2 Å². The first-order valence-electron chi connectivity index (χ1n) is 7.21. The molecule has 0 saturated carbocycles. The molecule has 5 heteroatoms. The van der Waals surface area contributed by atoms with E-state index >= 15 is 0 Å². The van der Waals surface area contributed by atoms with Crippen molar-refractivity contribution < 1.29 is 4.74 Å². The summed E-state index contributed by atoms with van der Waals surface area (Å²) in [6.45, 7) is 1.58. The van der Waals surface area contributed by atoms with Crippen LogP contribution in [0.25, 0.3) is 11.4 Å². The lowest BCUT2D eigenvalue weighted by Crippen LogP contribution is -2.32. The first-order chi connectivity index (χ1) is 10.3. The third-order valence-corrected chi connectivity index (χ3v) is 3.82. The molecule has 2 aromatic rings. The topological polar surface area (TPSA) is 50.3 Å². The maximum Gasteiger partial charge on any atom is 0.163 e. The smallest absolute Gasteiger partial charge is 0.163 e. The lowest BCUT2D eigenvalue weighted by Gasteiger charge is -2.25. The molecular weight excluding hydrogens is 264 g/mol. The molecule has 21 heavy (non-hydrogen) atoms. The molecule has 5 nitrogen and oxygen atoms in total. The average molecular weight is 284 g/mol. The standard InChI is InChI=1S/C16H20N4O/c1-17-14-10-15(20(2)13-8-9-21-11-13)19-16(18-14)12-6-4-3-5-7-12/h3-7,10,13H,8-9,11H2,1-2H3,(H,17,18,19). The van der Waals surface area contributed by atoms with Gasteiger partial charge in [-0.3, -0.25) is 0 Å².